The summed E-state index contributed by atoms with van der Waals surface area (Å²) in [4.78, 5) is 29.0. The molecule has 0 aliphatic rings. The Kier molecular flexibility index (Phi) is 10.4. The minimum absolute atomic E-state index is 0.0626. The quantitative estimate of drug-likeness (QED) is 0.279. The van der Waals surface area contributed by atoms with Gasteiger partial charge in [-0.2, -0.15) is 0 Å². The van der Waals surface area contributed by atoms with Crippen molar-refractivity contribution in [2.24, 2.45) is 0 Å². The van der Waals surface area contributed by atoms with Crippen molar-refractivity contribution in [2.75, 3.05) is 10.8 Å². The molecule has 0 bridgehead atoms. The first kappa shape index (κ1) is 31.6. The first-order valence-corrected chi connectivity index (χ1v) is 15.5. The second-order valence-electron chi connectivity index (χ2n) is 10.6. The molecule has 0 radical (unpaired) electrons. The van der Waals surface area contributed by atoms with E-state index in [1.165, 1.54) is 17.0 Å². The fraction of sp³-hybridized carbons (Fsp3) is 0.333. The maximum atomic E-state index is 14.1. The predicted molar refractivity (Wildman–Crippen MR) is 164 cm³/mol. The molecule has 0 fully saturated rings. The lowest BCUT2D eigenvalue weighted by atomic mass is 10.1. The number of carbonyl (C=O) groups is 2. The Bertz CT molecular complexity index is 1440. The second-order valence-corrected chi connectivity index (χ2v) is 13.8. The van der Waals surface area contributed by atoms with E-state index < -0.39 is 34.1 Å². The lowest BCUT2D eigenvalue weighted by Crippen LogP contribution is -2.55. The van der Waals surface area contributed by atoms with Crippen LogP contribution >= 0.6 is 27.5 Å². The van der Waals surface area contributed by atoms with Gasteiger partial charge in [-0.3, -0.25) is 13.9 Å². The lowest BCUT2D eigenvalue weighted by molar-refractivity contribution is -0.141. The van der Waals surface area contributed by atoms with Crippen LogP contribution in [-0.2, 0) is 26.2 Å². The molecule has 2 amide bonds. The highest BCUT2D eigenvalue weighted by Gasteiger charge is 2.34. The number of amides is 2. The van der Waals surface area contributed by atoms with Gasteiger partial charge >= 0.3 is 0 Å². The Morgan fingerprint density at radius 3 is 2.17 bits per heavy atom. The van der Waals surface area contributed by atoms with Crippen LogP contribution in [0, 0.1) is 6.92 Å². The van der Waals surface area contributed by atoms with Crippen LogP contribution in [0.25, 0.3) is 0 Å². The van der Waals surface area contributed by atoms with Gasteiger partial charge in [0, 0.05) is 21.6 Å². The standard InChI is InChI=1S/C30H35BrClN3O4S/c1-6-27(29(37)33-30(3,4)5)34(19-22-12-14-24(32)15-13-22)28(36)20-35(25-9-7-8-23(31)18-25)40(38,39)26-16-10-21(2)11-17-26/h7-18,27H,6,19-20H2,1-5H3,(H,33,37)/t27-/m1/s1. The molecular formula is C30H35BrClN3O4S. The van der Waals surface area contributed by atoms with Gasteiger partial charge in [0.15, 0.2) is 0 Å². The topological polar surface area (TPSA) is 86.8 Å². The maximum Gasteiger partial charge on any atom is 0.264 e. The molecule has 214 valence electrons. The minimum atomic E-state index is -4.13. The molecule has 40 heavy (non-hydrogen) atoms. The molecule has 0 saturated carbocycles. The largest absolute Gasteiger partial charge is 0.350 e. The third-order valence-corrected chi connectivity index (χ3v) is 8.67. The van der Waals surface area contributed by atoms with Crippen molar-refractivity contribution in [3.8, 4) is 0 Å². The minimum Gasteiger partial charge on any atom is -0.350 e. The average molecular weight is 649 g/mol. The molecule has 0 saturated heterocycles. The number of carbonyl (C=O) groups excluding carboxylic acids is 2. The van der Waals surface area contributed by atoms with E-state index in [0.29, 0.717) is 21.6 Å². The molecule has 3 rings (SSSR count). The predicted octanol–water partition coefficient (Wildman–Crippen LogP) is 6.33. The molecule has 3 aromatic rings. The van der Waals surface area contributed by atoms with Crippen LogP contribution in [0.1, 0.15) is 45.2 Å². The zero-order chi connectivity index (χ0) is 29.7. The molecule has 0 aromatic heterocycles. The Hall–Kier alpha value is -2.88. The van der Waals surface area contributed by atoms with E-state index in [-0.39, 0.29) is 17.3 Å². The molecule has 0 unspecified atom stereocenters. The Morgan fingerprint density at radius 1 is 1.00 bits per heavy atom. The van der Waals surface area contributed by atoms with Gasteiger partial charge < -0.3 is 10.2 Å². The van der Waals surface area contributed by atoms with Gasteiger partial charge in [0.2, 0.25) is 11.8 Å². The molecule has 7 nitrogen and oxygen atoms in total. The van der Waals surface area contributed by atoms with Crippen LogP contribution in [0.2, 0.25) is 5.02 Å². The maximum absolute atomic E-state index is 14.1. The number of nitrogens with zero attached hydrogens (tertiary/aromatic N) is 2. The highest BCUT2D eigenvalue weighted by Crippen LogP contribution is 2.27. The van der Waals surface area contributed by atoms with E-state index in [4.69, 9.17) is 11.6 Å². The first-order valence-electron chi connectivity index (χ1n) is 12.9. The monoisotopic (exact) mass is 647 g/mol. The van der Waals surface area contributed by atoms with Gasteiger partial charge in [0.25, 0.3) is 10.0 Å². The van der Waals surface area contributed by atoms with E-state index in [9.17, 15) is 18.0 Å². The molecule has 0 aliphatic heterocycles. The zero-order valence-electron chi connectivity index (χ0n) is 23.3. The summed E-state index contributed by atoms with van der Waals surface area (Å²) in [5.74, 6) is -0.825. The molecule has 10 heteroatoms. The fourth-order valence-electron chi connectivity index (χ4n) is 4.16. The van der Waals surface area contributed by atoms with Crippen molar-refractivity contribution in [3.05, 3.63) is 93.4 Å². The zero-order valence-corrected chi connectivity index (χ0v) is 26.5. The highest BCUT2D eigenvalue weighted by molar-refractivity contribution is 9.10. The third kappa shape index (κ3) is 8.32. The third-order valence-electron chi connectivity index (χ3n) is 6.13. The van der Waals surface area contributed by atoms with Crippen molar-refractivity contribution in [1.82, 2.24) is 10.2 Å². The van der Waals surface area contributed by atoms with Crippen LogP contribution in [0.4, 0.5) is 5.69 Å². The molecule has 1 N–H and O–H groups in total. The average Bonchev–Trinajstić information content (AvgIpc) is 2.87. The second kappa shape index (κ2) is 13.2. The summed E-state index contributed by atoms with van der Waals surface area (Å²) in [5.41, 5.74) is 1.47. The Labute approximate surface area is 250 Å². The van der Waals surface area contributed by atoms with Gasteiger partial charge in [-0.1, -0.05) is 70.3 Å². The first-order chi connectivity index (χ1) is 18.7. The molecule has 0 heterocycles. The van der Waals surface area contributed by atoms with Gasteiger partial charge in [0.05, 0.1) is 10.6 Å². The highest BCUT2D eigenvalue weighted by atomic mass is 79.9. The van der Waals surface area contributed by atoms with Crippen LogP contribution in [0.15, 0.2) is 82.2 Å². The van der Waals surface area contributed by atoms with Crippen molar-refractivity contribution >= 4 is 55.1 Å². The van der Waals surface area contributed by atoms with E-state index in [2.05, 4.69) is 21.2 Å². The summed E-state index contributed by atoms with van der Waals surface area (Å²) in [6.07, 6.45) is 0.336. The van der Waals surface area contributed by atoms with E-state index in [0.717, 1.165) is 15.4 Å². The fourth-order valence-corrected chi connectivity index (χ4v) is 6.08. The molecule has 0 aliphatic carbocycles. The number of nitrogens with one attached hydrogen (secondary N) is 1. The summed E-state index contributed by atoms with van der Waals surface area (Å²) in [7, 11) is -4.13. The van der Waals surface area contributed by atoms with Crippen molar-refractivity contribution in [3.63, 3.8) is 0 Å². The molecular weight excluding hydrogens is 614 g/mol. The van der Waals surface area contributed by atoms with Crippen molar-refractivity contribution in [1.29, 1.82) is 0 Å². The summed E-state index contributed by atoms with van der Waals surface area (Å²) < 4.78 is 29.6. The number of hydrogen-bond acceptors (Lipinski definition) is 4. The van der Waals surface area contributed by atoms with Crippen molar-refractivity contribution < 1.29 is 18.0 Å². The van der Waals surface area contributed by atoms with E-state index in [1.807, 2.05) is 34.6 Å². The molecule has 0 spiro atoms. The Morgan fingerprint density at radius 2 is 1.62 bits per heavy atom. The number of hydrogen-bond donors (Lipinski definition) is 1. The molecule has 1 atom stereocenters. The molecule has 3 aromatic carbocycles. The Balaban J connectivity index is 2.07. The number of sulfonamides is 1. The summed E-state index contributed by atoms with van der Waals surface area (Å²) in [6, 6.07) is 19.4. The number of rotatable bonds is 10. The van der Waals surface area contributed by atoms with Gasteiger partial charge in [-0.15, -0.1) is 0 Å². The number of benzene rings is 3. The van der Waals surface area contributed by atoms with Crippen LogP contribution in [0.5, 0.6) is 0 Å². The lowest BCUT2D eigenvalue weighted by Gasteiger charge is -2.34. The number of halogens is 2. The van der Waals surface area contributed by atoms with Gasteiger partial charge in [-0.25, -0.2) is 8.42 Å². The van der Waals surface area contributed by atoms with Crippen molar-refractivity contribution in [2.45, 2.75) is 64.1 Å². The number of aryl methyl sites for hydroxylation is 1. The summed E-state index contributed by atoms with van der Waals surface area (Å²) in [6.45, 7) is 8.89. The van der Waals surface area contributed by atoms with Crippen LogP contribution in [-0.4, -0.2) is 43.3 Å². The summed E-state index contributed by atoms with van der Waals surface area (Å²) in [5, 5.41) is 3.51. The van der Waals surface area contributed by atoms with Crippen LogP contribution < -0.4 is 9.62 Å². The van der Waals surface area contributed by atoms with Crippen LogP contribution in [0.3, 0.4) is 0 Å². The van der Waals surface area contributed by atoms with Gasteiger partial charge in [-0.05, 0) is 82.1 Å². The SMILES string of the molecule is CC[C@H](C(=O)NC(C)(C)C)N(Cc1ccc(Cl)cc1)C(=O)CN(c1cccc(Br)c1)S(=O)(=O)c1ccc(C)cc1. The van der Waals surface area contributed by atoms with Gasteiger partial charge in [0.1, 0.15) is 12.6 Å². The smallest absolute Gasteiger partial charge is 0.264 e. The normalized spacial score (nSPS) is 12.5. The van der Waals surface area contributed by atoms with E-state index >= 15 is 0 Å². The number of anilines is 1. The summed E-state index contributed by atoms with van der Waals surface area (Å²) >= 11 is 9.48. The van der Waals surface area contributed by atoms with E-state index in [1.54, 1.807) is 60.7 Å².